The van der Waals surface area contributed by atoms with Crippen molar-refractivity contribution in [2.24, 2.45) is 5.73 Å². The molecule has 3 N–H and O–H groups in total. The number of nitrogens with one attached hydrogen (secondary N) is 1. The Balaban J connectivity index is 2.44. The molecule has 0 aliphatic heterocycles. The third-order valence-electron chi connectivity index (χ3n) is 3.03. The van der Waals surface area contributed by atoms with Crippen molar-refractivity contribution < 1.29 is 14.3 Å². The third-order valence-corrected chi connectivity index (χ3v) is 3.03. The van der Waals surface area contributed by atoms with Gasteiger partial charge in [-0.15, -0.1) is 0 Å². The monoisotopic (exact) mass is 300 g/mol. The zero-order chi connectivity index (χ0) is 16.1. The molecule has 0 saturated carbocycles. The van der Waals surface area contributed by atoms with E-state index in [0.29, 0.717) is 10.9 Å². The average molecular weight is 300 g/mol. The van der Waals surface area contributed by atoms with Crippen LogP contribution in [0, 0.1) is 0 Å². The number of hydrogen-bond acceptors (Lipinski definition) is 4. The fourth-order valence-corrected chi connectivity index (χ4v) is 2.01. The van der Waals surface area contributed by atoms with Gasteiger partial charge in [0, 0.05) is 23.5 Å². The number of carbonyl (C=O) groups is 2. The van der Waals surface area contributed by atoms with E-state index >= 15 is 0 Å². The molecule has 2 rings (SSSR count). The van der Waals surface area contributed by atoms with Crippen LogP contribution in [0.25, 0.3) is 17.0 Å². The van der Waals surface area contributed by atoms with Gasteiger partial charge < -0.3 is 15.5 Å². The van der Waals surface area contributed by atoms with Gasteiger partial charge in [-0.25, -0.2) is 4.79 Å². The molecular formula is C16H16N2O4. The Morgan fingerprint density at radius 1 is 1.36 bits per heavy atom. The number of amides is 1. The summed E-state index contributed by atoms with van der Waals surface area (Å²) in [6, 6.07) is 5.17. The number of carbonyl (C=O) groups excluding carboxylic acids is 2. The molecule has 1 amide bonds. The predicted octanol–water partition coefficient (Wildman–Crippen LogP) is 1.59. The standard InChI is InChI=1S/C16H16N2O4/c1-2-22-16(21)12-9-18-13-7-6-10(4-3-5-14(17)19)8-11(13)15(12)20/h3-4,6-9H,2,5H2,1H3,(H2,17,19)(H,18,20). The number of pyridine rings is 1. The first-order valence-electron chi connectivity index (χ1n) is 6.80. The minimum absolute atomic E-state index is 0.0346. The maximum Gasteiger partial charge on any atom is 0.343 e. The molecule has 1 aromatic carbocycles. The fourth-order valence-electron chi connectivity index (χ4n) is 2.01. The van der Waals surface area contributed by atoms with Gasteiger partial charge in [0.2, 0.25) is 11.3 Å². The molecule has 0 saturated heterocycles. The Kier molecular flexibility index (Phi) is 4.73. The third kappa shape index (κ3) is 3.41. The van der Waals surface area contributed by atoms with Crippen molar-refractivity contribution in [2.45, 2.75) is 13.3 Å². The normalized spacial score (nSPS) is 11.0. The maximum absolute atomic E-state index is 12.4. The highest BCUT2D eigenvalue weighted by atomic mass is 16.5. The highest BCUT2D eigenvalue weighted by Crippen LogP contribution is 2.13. The summed E-state index contributed by atoms with van der Waals surface area (Å²) in [6.07, 6.45) is 4.79. The summed E-state index contributed by atoms with van der Waals surface area (Å²) in [5.41, 5.74) is 5.98. The van der Waals surface area contributed by atoms with Gasteiger partial charge in [0.15, 0.2) is 0 Å². The fraction of sp³-hybridized carbons (Fsp3) is 0.188. The molecule has 0 unspecified atom stereocenters. The largest absolute Gasteiger partial charge is 0.462 e. The van der Waals surface area contributed by atoms with E-state index in [1.165, 1.54) is 6.20 Å². The molecule has 2 aromatic rings. The van der Waals surface area contributed by atoms with Crippen LogP contribution in [0.5, 0.6) is 0 Å². The molecule has 22 heavy (non-hydrogen) atoms. The van der Waals surface area contributed by atoms with E-state index in [0.717, 1.165) is 5.56 Å². The molecule has 0 spiro atoms. The number of hydrogen-bond donors (Lipinski definition) is 2. The van der Waals surface area contributed by atoms with Crippen LogP contribution in [0.1, 0.15) is 29.3 Å². The Morgan fingerprint density at radius 2 is 2.14 bits per heavy atom. The first kappa shape index (κ1) is 15.5. The van der Waals surface area contributed by atoms with Crippen molar-refractivity contribution >= 4 is 28.9 Å². The van der Waals surface area contributed by atoms with Gasteiger partial charge >= 0.3 is 5.97 Å². The molecule has 0 aliphatic rings. The molecule has 114 valence electrons. The van der Waals surface area contributed by atoms with Crippen LogP contribution in [0.2, 0.25) is 0 Å². The highest BCUT2D eigenvalue weighted by Gasteiger charge is 2.13. The first-order chi connectivity index (χ1) is 10.5. The van der Waals surface area contributed by atoms with Crippen molar-refractivity contribution in [1.29, 1.82) is 0 Å². The summed E-state index contributed by atoms with van der Waals surface area (Å²) in [4.78, 5) is 37.7. The van der Waals surface area contributed by atoms with Gasteiger partial charge in [0.25, 0.3) is 0 Å². The number of aromatic amines is 1. The number of H-pyrrole nitrogens is 1. The van der Waals surface area contributed by atoms with Gasteiger partial charge in [-0.1, -0.05) is 18.2 Å². The van der Waals surface area contributed by atoms with Crippen LogP contribution < -0.4 is 11.2 Å². The minimum Gasteiger partial charge on any atom is -0.462 e. The van der Waals surface area contributed by atoms with E-state index < -0.39 is 17.3 Å². The van der Waals surface area contributed by atoms with E-state index in [1.54, 1.807) is 37.3 Å². The lowest BCUT2D eigenvalue weighted by molar-refractivity contribution is -0.117. The van der Waals surface area contributed by atoms with Crippen molar-refractivity contribution in [3.05, 3.63) is 51.8 Å². The number of primary amides is 1. The van der Waals surface area contributed by atoms with Crippen LogP contribution in [0.3, 0.4) is 0 Å². The van der Waals surface area contributed by atoms with Gasteiger partial charge in [0.1, 0.15) is 5.56 Å². The average Bonchev–Trinajstić information content (AvgIpc) is 2.48. The van der Waals surface area contributed by atoms with Crippen LogP contribution in [0.4, 0.5) is 0 Å². The Hall–Kier alpha value is -2.89. The molecule has 1 aromatic heterocycles. The smallest absolute Gasteiger partial charge is 0.343 e. The summed E-state index contributed by atoms with van der Waals surface area (Å²) in [5.74, 6) is -1.08. The van der Waals surface area contributed by atoms with Crippen molar-refractivity contribution in [1.82, 2.24) is 4.98 Å². The van der Waals surface area contributed by atoms with Gasteiger partial charge in [-0.3, -0.25) is 9.59 Å². The minimum atomic E-state index is -0.652. The van der Waals surface area contributed by atoms with Crippen molar-refractivity contribution in [3.8, 4) is 0 Å². The second-order valence-corrected chi connectivity index (χ2v) is 4.63. The summed E-state index contributed by atoms with van der Waals surface area (Å²) in [7, 11) is 0. The summed E-state index contributed by atoms with van der Waals surface area (Å²) in [6.45, 7) is 1.88. The number of rotatable bonds is 5. The number of benzene rings is 1. The second kappa shape index (κ2) is 6.71. The maximum atomic E-state index is 12.4. The zero-order valence-corrected chi connectivity index (χ0v) is 12.1. The molecule has 6 heteroatoms. The number of fused-ring (bicyclic) bond motifs is 1. The Morgan fingerprint density at radius 3 is 2.82 bits per heavy atom. The highest BCUT2D eigenvalue weighted by molar-refractivity contribution is 5.94. The molecule has 6 nitrogen and oxygen atoms in total. The molecule has 0 atom stereocenters. The van der Waals surface area contributed by atoms with E-state index in [2.05, 4.69) is 4.98 Å². The Bertz CT molecular complexity index is 805. The lowest BCUT2D eigenvalue weighted by atomic mass is 10.1. The van der Waals surface area contributed by atoms with Crippen molar-refractivity contribution in [3.63, 3.8) is 0 Å². The number of aromatic nitrogens is 1. The topological polar surface area (TPSA) is 102 Å². The lowest BCUT2D eigenvalue weighted by Gasteiger charge is -2.04. The predicted molar refractivity (Wildman–Crippen MR) is 83.4 cm³/mol. The first-order valence-corrected chi connectivity index (χ1v) is 6.80. The molecular weight excluding hydrogens is 284 g/mol. The summed E-state index contributed by atoms with van der Waals surface area (Å²) >= 11 is 0. The van der Waals surface area contributed by atoms with Crippen LogP contribution in [-0.2, 0) is 9.53 Å². The molecule has 0 fully saturated rings. The van der Waals surface area contributed by atoms with E-state index in [9.17, 15) is 14.4 Å². The lowest BCUT2D eigenvalue weighted by Crippen LogP contribution is -2.18. The summed E-state index contributed by atoms with van der Waals surface area (Å²) < 4.78 is 4.85. The number of ether oxygens (including phenoxy) is 1. The van der Waals surface area contributed by atoms with Gasteiger partial charge in [-0.05, 0) is 24.6 Å². The number of esters is 1. The van der Waals surface area contributed by atoms with Crippen LogP contribution in [0.15, 0.2) is 35.3 Å². The molecule has 0 radical (unpaired) electrons. The zero-order valence-electron chi connectivity index (χ0n) is 12.1. The number of nitrogens with two attached hydrogens (primary N) is 1. The van der Waals surface area contributed by atoms with Gasteiger partial charge in [0.05, 0.1) is 6.61 Å². The van der Waals surface area contributed by atoms with E-state index in [1.807, 2.05) is 0 Å². The Labute approximate surface area is 126 Å². The molecule has 0 bridgehead atoms. The summed E-state index contributed by atoms with van der Waals surface area (Å²) in [5, 5.41) is 0.381. The second-order valence-electron chi connectivity index (χ2n) is 4.63. The van der Waals surface area contributed by atoms with E-state index in [-0.39, 0.29) is 18.6 Å². The molecule has 0 aliphatic carbocycles. The van der Waals surface area contributed by atoms with Crippen LogP contribution in [-0.4, -0.2) is 23.5 Å². The quantitative estimate of drug-likeness (QED) is 0.818. The molecule has 1 heterocycles. The van der Waals surface area contributed by atoms with E-state index in [4.69, 9.17) is 10.5 Å². The van der Waals surface area contributed by atoms with Crippen LogP contribution >= 0.6 is 0 Å². The SMILES string of the molecule is CCOC(=O)c1c[nH]c2ccc(C=CCC(N)=O)cc2c1=O. The van der Waals surface area contributed by atoms with Gasteiger partial charge in [-0.2, -0.15) is 0 Å². The van der Waals surface area contributed by atoms with Crippen molar-refractivity contribution in [2.75, 3.05) is 6.61 Å².